The molecule has 1 fully saturated rings. The van der Waals surface area contributed by atoms with Gasteiger partial charge in [0.25, 0.3) is 0 Å². The second kappa shape index (κ2) is 10.7. The highest BCUT2D eigenvalue weighted by Gasteiger charge is 2.19. The standard InChI is InChI=1S/C23H27F2N3O2/c24-18-10-12-19(13-11-18)28(23(30)27-21-8-4-3-7-20(21)25)16-15-26-22(29)14-9-17-5-1-2-6-17/h3-4,7-8,10-13,17H,1-2,5-6,9,14-16H2,(H,26,29)(H,27,30). The summed E-state index contributed by atoms with van der Waals surface area (Å²) in [5.74, 6) is -0.382. The van der Waals surface area contributed by atoms with Gasteiger partial charge in [-0.3, -0.25) is 9.69 Å². The van der Waals surface area contributed by atoms with Gasteiger partial charge in [-0.25, -0.2) is 13.6 Å². The molecule has 5 nitrogen and oxygen atoms in total. The molecule has 2 aromatic rings. The monoisotopic (exact) mass is 415 g/mol. The first-order chi connectivity index (χ1) is 14.5. The number of nitrogens with zero attached hydrogens (tertiary/aromatic N) is 1. The summed E-state index contributed by atoms with van der Waals surface area (Å²) in [6.07, 6.45) is 6.25. The van der Waals surface area contributed by atoms with Crippen molar-refractivity contribution in [3.63, 3.8) is 0 Å². The van der Waals surface area contributed by atoms with E-state index in [0.717, 1.165) is 6.42 Å². The van der Waals surface area contributed by atoms with E-state index < -0.39 is 17.7 Å². The third-order valence-corrected chi connectivity index (χ3v) is 5.41. The smallest absolute Gasteiger partial charge is 0.326 e. The van der Waals surface area contributed by atoms with Crippen LogP contribution in [0.5, 0.6) is 0 Å². The molecule has 160 valence electrons. The number of para-hydroxylation sites is 1. The Morgan fingerprint density at radius 2 is 1.70 bits per heavy atom. The second-order valence-corrected chi connectivity index (χ2v) is 7.58. The topological polar surface area (TPSA) is 61.4 Å². The molecule has 0 aliphatic heterocycles. The molecular weight excluding hydrogens is 388 g/mol. The Balaban J connectivity index is 1.58. The van der Waals surface area contributed by atoms with E-state index in [1.807, 2.05) is 0 Å². The van der Waals surface area contributed by atoms with Gasteiger partial charge in [0.2, 0.25) is 5.91 Å². The Kier molecular flexibility index (Phi) is 7.76. The fourth-order valence-corrected chi connectivity index (χ4v) is 3.74. The van der Waals surface area contributed by atoms with Crippen molar-refractivity contribution >= 4 is 23.3 Å². The Bertz CT molecular complexity index is 852. The summed E-state index contributed by atoms with van der Waals surface area (Å²) in [7, 11) is 0. The highest BCUT2D eigenvalue weighted by molar-refractivity contribution is 6.01. The third kappa shape index (κ3) is 6.27. The Morgan fingerprint density at radius 1 is 1.00 bits per heavy atom. The lowest BCUT2D eigenvalue weighted by atomic mass is 10.0. The number of hydrogen-bond donors (Lipinski definition) is 2. The first-order valence-electron chi connectivity index (χ1n) is 10.4. The number of nitrogens with one attached hydrogen (secondary N) is 2. The number of anilines is 2. The number of rotatable bonds is 8. The van der Waals surface area contributed by atoms with Crippen LogP contribution in [0.1, 0.15) is 38.5 Å². The highest BCUT2D eigenvalue weighted by Crippen LogP contribution is 2.28. The van der Waals surface area contributed by atoms with E-state index in [0.29, 0.717) is 18.0 Å². The van der Waals surface area contributed by atoms with Crippen LogP contribution in [0.3, 0.4) is 0 Å². The summed E-state index contributed by atoms with van der Waals surface area (Å²) < 4.78 is 27.2. The number of carbonyl (C=O) groups excluding carboxylic acids is 2. The molecule has 1 saturated carbocycles. The Labute approximate surface area is 175 Å². The molecule has 3 amide bonds. The average molecular weight is 415 g/mol. The zero-order chi connectivity index (χ0) is 21.3. The van der Waals surface area contributed by atoms with Crippen molar-refractivity contribution < 1.29 is 18.4 Å². The van der Waals surface area contributed by atoms with Crippen LogP contribution in [0.2, 0.25) is 0 Å². The van der Waals surface area contributed by atoms with E-state index in [9.17, 15) is 18.4 Å². The molecule has 1 aliphatic rings. The molecule has 0 saturated heterocycles. The molecule has 2 aromatic carbocycles. The van der Waals surface area contributed by atoms with Gasteiger partial charge in [-0.15, -0.1) is 0 Å². The number of amides is 3. The molecule has 0 aromatic heterocycles. The zero-order valence-corrected chi connectivity index (χ0v) is 16.9. The molecule has 7 heteroatoms. The van der Waals surface area contributed by atoms with Crippen molar-refractivity contribution in [1.82, 2.24) is 5.32 Å². The normalized spacial score (nSPS) is 13.8. The summed E-state index contributed by atoms with van der Waals surface area (Å²) >= 11 is 0. The fourth-order valence-electron chi connectivity index (χ4n) is 3.74. The van der Waals surface area contributed by atoms with Gasteiger partial charge in [0, 0.05) is 25.2 Å². The maximum absolute atomic E-state index is 13.9. The van der Waals surface area contributed by atoms with Gasteiger partial charge < -0.3 is 10.6 Å². The van der Waals surface area contributed by atoms with Crippen LogP contribution in [-0.4, -0.2) is 25.0 Å². The van der Waals surface area contributed by atoms with Crippen molar-refractivity contribution in [1.29, 1.82) is 0 Å². The first kappa shape index (κ1) is 21.7. The summed E-state index contributed by atoms with van der Waals surface area (Å²) in [5, 5.41) is 5.37. The van der Waals surface area contributed by atoms with Crippen LogP contribution in [-0.2, 0) is 4.79 Å². The second-order valence-electron chi connectivity index (χ2n) is 7.58. The first-order valence-corrected chi connectivity index (χ1v) is 10.4. The SMILES string of the molecule is O=C(CCC1CCCC1)NCCN(C(=O)Nc1ccccc1F)c1ccc(F)cc1. The lowest BCUT2D eigenvalue weighted by Gasteiger charge is -2.23. The minimum absolute atomic E-state index is 0.0459. The summed E-state index contributed by atoms with van der Waals surface area (Å²) in [6, 6.07) is 10.7. The minimum atomic E-state index is -0.563. The van der Waals surface area contributed by atoms with Gasteiger partial charge in [-0.1, -0.05) is 37.8 Å². The Hall–Kier alpha value is -2.96. The summed E-state index contributed by atoms with van der Waals surface area (Å²) in [4.78, 5) is 26.3. The highest BCUT2D eigenvalue weighted by atomic mass is 19.1. The molecule has 0 spiro atoms. The maximum Gasteiger partial charge on any atom is 0.326 e. The molecule has 30 heavy (non-hydrogen) atoms. The van der Waals surface area contributed by atoms with Crippen LogP contribution >= 0.6 is 0 Å². The molecule has 2 N–H and O–H groups in total. The van der Waals surface area contributed by atoms with Crippen molar-refractivity contribution in [2.45, 2.75) is 38.5 Å². The van der Waals surface area contributed by atoms with E-state index in [1.165, 1.54) is 73.0 Å². The van der Waals surface area contributed by atoms with Gasteiger partial charge in [0.05, 0.1) is 5.69 Å². The molecule has 0 heterocycles. The fraction of sp³-hybridized carbons (Fsp3) is 0.391. The maximum atomic E-state index is 13.9. The molecule has 3 rings (SSSR count). The lowest BCUT2D eigenvalue weighted by molar-refractivity contribution is -0.121. The molecule has 0 bridgehead atoms. The number of benzene rings is 2. The average Bonchev–Trinajstić information content (AvgIpc) is 3.26. The zero-order valence-electron chi connectivity index (χ0n) is 16.9. The lowest BCUT2D eigenvalue weighted by Crippen LogP contribution is -2.41. The summed E-state index contributed by atoms with van der Waals surface area (Å²) in [6.45, 7) is 0.409. The number of carbonyl (C=O) groups is 2. The quantitative estimate of drug-likeness (QED) is 0.631. The van der Waals surface area contributed by atoms with E-state index in [1.54, 1.807) is 6.07 Å². The van der Waals surface area contributed by atoms with Gasteiger partial charge in [0.15, 0.2) is 0 Å². The van der Waals surface area contributed by atoms with E-state index >= 15 is 0 Å². The Morgan fingerprint density at radius 3 is 2.40 bits per heavy atom. The molecule has 1 aliphatic carbocycles. The van der Waals surface area contributed by atoms with Gasteiger partial charge >= 0.3 is 6.03 Å². The largest absolute Gasteiger partial charge is 0.354 e. The van der Waals surface area contributed by atoms with Crippen LogP contribution in [0, 0.1) is 17.6 Å². The number of hydrogen-bond acceptors (Lipinski definition) is 2. The molecule has 0 atom stereocenters. The molecule has 0 unspecified atom stereocenters. The van der Waals surface area contributed by atoms with Gasteiger partial charge in [-0.2, -0.15) is 0 Å². The van der Waals surface area contributed by atoms with Gasteiger partial charge in [-0.05, 0) is 48.7 Å². The van der Waals surface area contributed by atoms with Crippen LogP contribution in [0.25, 0.3) is 0 Å². The van der Waals surface area contributed by atoms with Crippen molar-refractivity contribution in [3.8, 4) is 0 Å². The van der Waals surface area contributed by atoms with Crippen LogP contribution in [0.4, 0.5) is 25.0 Å². The van der Waals surface area contributed by atoms with Crippen LogP contribution < -0.4 is 15.5 Å². The summed E-state index contributed by atoms with van der Waals surface area (Å²) in [5.41, 5.74) is 0.501. The van der Waals surface area contributed by atoms with E-state index in [2.05, 4.69) is 10.6 Å². The number of urea groups is 1. The van der Waals surface area contributed by atoms with Crippen molar-refractivity contribution in [3.05, 3.63) is 60.2 Å². The number of halogens is 2. The predicted octanol–water partition coefficient (Wildman–Crippen LogP) is 5.09. The molecular formula is C23H27F2N3O2. The van der Waals surface area contributed by atoms with E-state index in [4.69, 9.17) is 0 Å². The predicted molar refractivity (Wildman–Crippen MR) is 113 cm³/mol. The molecule has 0 radical (unpaired) electrons. The third-order valence-electron chi connectivity index (χ3n) is 5.41. The van der Waals surface area contributed by atoms with Crippen molar-refractivity contribution in [2.24, 2.45) is 5.92 Å². The van der Waals surface area contributed by atoms with Crippen LogP contribution in [0.15, 0.2) is 48.5 Å². The van der Waals surface area contributed by atoms with Crippen molar-refractivity contribution in [2.75, 3.05) is 23.3 Å². The van der Waals surface area contributed by atoms with Gasteiger partial charge in [0.1, 0.15) is 11.6 Å². The minimum Gasteiger partial charge on any atom is -0.354 e. The van der Waals surface area contributed by atoms with E-state index in [-0.39, 0.29) is 24.7 Å².